The SMILES string of the molecule is CC1CCCCC1N(C)Cc1cccnc1C#N. The largest absolute Gasteiger partial charge is 0.299 e. The summed E-state index contributed by atoms with van der Waals surface area (Å²) in [6.07, 6.45) is 6.98. The van der Waals surface area contributed by atoms with Gasteiger partial charge in [-0.3, -0.25) is 4.90 Å². The molecule has 1 aliphatic rings. The summed E-state index contributed by atoms with van der Waals surface area (Å²) in [7, 11) is 2.17. The second-order valence-electron chi connectivity index (χ2n) is 5.37. The minimum Gasteiger partial charge on any atom is -0.299 e. The van der Waals surface area contributed by atoms with Gasteiger partial charge in [-0.15, -0.1) is 0 Å². The van der Waals surface area contributed by atoms with E-state index >= 15 is 0 Å². The fraction of sp³-hybridized carbons (Fsp3) is 0.600. The molecule has 0 saturated heterocycles. The van der Waals surface area contributed by atoms with E-state index in [0.29, 0.717) is 11.7 Å². The standard InChI is InChI=1S/C15H21N3/c1-12-6-3-4-8-15(12)18(2)11-13-7-5-9-17-14(13)10-16/h5,7,9,12,15H,3-4,6,8,11H2,1-2H3. The predicted molar refractivity (Wildman–Crippen MR) is 71.8 cm³/mol. The molecular weight excluding hydrogens is 222 g/mol. The van der Waals surface area contributed by atoms with Crippen LogP contribution >= 0.6 is 0 Å². The molecule has 0 N–H and O–H groups in total. The predicted octanol–water partition coefficient (Wildman–Crippen LogP) is 2.96. The zero-order valence-corrected chi connectivity index (χ0v) is 11.3. The summed E-state index contributed by atoms with van der Waals surface area (Å²) < 4.78 is 0. The van der Waals surface area contributed by atoms with E-state index in [0.717, 1.165) is 18.0 Å². The smallest absolute Gasteiger partial charge is 0.144 e. The lowest BCUT2D eigenvalue weighted by molar-refractivity contribution is 0.133. The zero-order chi connectivity index (χ0) is 13.0. The van der Waals surface area contributed by atoms with E-state index in [4.69, 9.17) is 5.26 Å². The number of nitrogens with zero attached hydrogens (tertiary/aromatic N) is 3. The fourth-order valence-corrected chi connectivity index (χ4v) is 3.00. The van der Waals surface area contributed by atoms with Crippen LogP contribution < -0.4 is 0 Å². The molecule has 1 fully saturated rings. The van der Waals surface area contributed by atoms with Crippen LogP contribution in [0.5, 0.6) is 0 Å². The normalized spacial score (nSPS) is 23.9. The Morgan fingerprint density at radius 1 is 1.44 bits per heavy atom. The average molecular weight is 243 g/mol. The lowest BCUT2D eigenvalue weighted by Gasteiger charge is -2.36. The zero-order valence-electron chi connectivity index (χ0n) is 11.3. The highest BCUT2D eigenvalue weighted by Crippen LogP contribution is 2.28. The molecule has 1 aromatic heterocycles. The molecule has 3 nitrogen and oxygen atoms in total. The van der Waals surface area contributed by atoms with E-state index in [-0.39, 0.29) is 0 Å². The monoisotopic (exact) mass is 243 g/mol. The Morgan fingerprint density at radius 2 is 2.22 bits per heavy atom. The van der Waals surface area contributed by atoms with E-state index < -0.39 is 0 Å². The third-order valence-corrected chi connectivity index (χ3v) is 4.05. The van der Waals surface area contributed by atoms with Gasteiger partial charge in [0.05, 0.1) is 0 Å². The third kappa shape index (κ3) is 2.88. The molecule has 1 heterocycles. The number of pyridine rings is 1. The van der Waals surface area contributed by atoms with Crippen LogP contribution in [-0.4, -0.2) is 23.0 Å². The molecule has 0 radical (unpaired) electrons. The average Bonchev–Trinajstić information content (AvgIpc) is 2.39. The van der Waals surface area contributed by atoms with Crippen LogP contribution in [-0.2, 0) is 6.54 Å². The Bertz CT molecular complexity index is 436. The second-order valence-corrected chi connectivity index (χ2v) is 5.37. The van der Waals surface area contributed by atoms with Crippen molar-refractivity contribution in [1.82, 2.24) is 9.88 Å². The summed E-state index contributed by atoms with van der Waals surface area (Å²) in [6.45, 7) is 3.17. The number of rotatable bonds is 3. The highest BCUT2D eigenvalue weighted by atomic mass is 15.1. The van der Waals surface area contributed by atoms with Gasteiger partial charge < -0.3 is 0 Å². The van der Waals surface area contributed by atoms with Crippen LogP contribution in [0, 0.1) is 17.2 Å². The molecule has 2 unspecified atom stereocenters. The maximum Gasteiger partial charge on any atom is 0.144 e. The number of hydrogen-bond acceptors (Lipinski definition) is 3. The number of hydrogen-bond donors (Lipinski definition) is 0. The highest BCUT2D eigenvalue weighted by Gasteiger charge is 2.25. The quantitative estimate of drug-likeness (QED) is 0.819. The Kier molecular flexibility index (Phi) is 4.33. The van der Waals surface area contributed by atoms with Gasteiger partial charge in [-0.2, -0.15) is 5.26 Å². The van der Waals surface area contributed by atoms with Crippen molar-refractivity contribution in [1.29, 1.82) is 5.26 Å². The third-order valence-electron chi connectivity index (χ3n) is 4.05. The Labute approximate surface area is 109 Å². The molecule has 0 aromatic carbocycles. The maximum absolute atomic E-state index is 9.06. The minimum absolute atomic E-state index is 0.563. The van der Waals surface area contributed by atoms with E-state index in [9.17, 15) is 0 Å². The lowest BCUT2D eigenvalue weighted by Crippen LogP contribution is -2.38. The van der Waals surface area contributed by atoms with Gasteiger partial charge in [0, 0.05) is 24.3 Å². The molecule has 18 heavy (non-hydrogen) atoms. The molecule has 2 rings (SSSR count). The highest BCUT2D eigenvalue weighted by molar-refractivity contribution is 5.30. The lowest BCUT2D eigenvalue weighted by atomic mass is 9.85. The molecule has 0 spiro atoms. The summed E-state index contributed by atoms with van der Waals surface area (Å²) in [5, 5.41) is 9.06. The fourth-order valence-electron chi connectivity index (χ4n) is 3.00. The Balaban J connectivity index is 2.06. The number of nitriles is 1. The van der Waals surface area contributed by atoms with Crippen molar-refractivity contribution in [3.8, 4) is 6.07 Å². The van der Waals surface area contributed by atoms with Crippen LogP contribution in [0.15, 0.2) is 18.3 Å². The van der Waals surface area contributed by atoms with Crippen molar-refractivity contribution >= 4 is 0 Å². The van der Waals surface area contributed by atoms with Crippen molar-refractivity contribution in [3.63, 3.8) is 0 Å². The first-order valence-corrected chi connectivity index (χ1v) is 6.76. The first-order valence-electron chi connectivity index (χ1n) is 6.76. The number of aromatic nitrogens is 1. The molecule has 2 atom stereocenters. The Morgan fingerprint density at radius 3 is 2.94 bits per heavy atom. The molecular formula is C15H21N3. The van der Waals surface area contributed by atoms with Crippen LogP contribution in [0.4, 0.5) is 0 Å². The molecule has 0 aliphatic heterocycles. The molecule has 1 aliphatic carbocycles. The van der Waals surface area contributed by atoms with E-state index in [1.54, 1.807) is 6.20 Å². The first-order chi connectivity index (χ1) is 8.72. The first kappa shape index (κ1) is 13.0. The van der Waals surface area contributed by atoms with Gasteiger partial charge >= 0.3 is 0 Å². The van der Waals surface area contributed by atoms with Gasteiger partial charge in [-0.25, -0.2) is 4.98 Å². The van der Waals surface area contributed by atoms with Crippen molar-refractivity contribution in [2.45, 2.75) is 45.2 Å². The Hall–Kier alpha value is -1.40. The summed E-state index contributed by atoms with van der Waals surface area (Å²) in [4.78, 5) is 6.52. The van der Waals surface area contributed by atoms with Gasteiger partial charge in [0.15, 0.2) is 0 Å². The van der Waals surface area contributed by atoms with Crippen LogP contribution in [0.2, 0.25) is 0 Å². The second kappa shape index (κ2) is 5.97. The summed E-state index contributed by atoms with van der Waals surface area (Å²) in [5.41, 5.74) is 1.60. The summed E-state index contributed by atoms with van der Waals surface area (Å²) in [5.74, 6) is 0.756. The van der Waals surface area contributed by atoms with Crippen molar-refractivity contribution in [2.75, 3.05) is 7.05 Å². The maximum atomic E-state index is 9.06. The van der Waals surface area contributed by atoms with Crippen LogP contribution in [0.1, 0.15) is 43.9 Å². The molecule has 1 saturated carbocycles. The molecule has 96 valence electrons. The van der Waals surface area contributed by atoms with Crippen molar-refractivity contribution < 1.29 is 0 Å². The van der Waals surface area contributed by atoms with Crippen molar-refractivity contribution in [3.05, 3.63) is 29.6 Å². The van der Waals surface area contributed by atoms with Crippen molar-refractivity contribution in [2.24, 2.45) is 5.92 Å². The van der Waals surface area contributed by atoms with Gasteiger partial charge in [-0.1, -0.05) is 25.8 Å². The molecule has 1 aromatic rings. The summed E-state index contributed by atoms with van der Waals surface area (Å²) in [6, 6.07) is 6.74. The van der Waals surface area contributed by atoms with Gasteiger partial charge in [0.25, 0.3) is 0 Å². The minimum atomic E-state index is 0.563. The van der Waals surface area contributed by atoms with E-state index in [2.05, 4.69) is 29.9 Å². The topological polar surface area (TPSA) is 39.9 Å². The van der Waals surface area contributed by atoms with Crippen LogP contribution in [0.25, 0.3) is 0 Å². The molecule has 3 heteroatoms. The van der Waals surface area contributed by atoms with E-state index in [1.807, 2.05) is 12.1 Å². The van der Waals surface area contributed by atoms with Gasteiger partial charge in [0.1, 0.15) is 11.8 Å². The summed E-state index contributed by atoms with van der Waals surface area (Å²) >= 11 is 0. The van der Waals surface area contributed by atoms with E-state index in [1.165, 1.54) is 25.7 Å². The molecule has 0 bridgehead atoms. The van der Waals surface area contributed by atoms with Crippen LogP contribution in [0.3, 0.4) is 0 Å². The van der Waals surface area contributed by atoms with Gasteiger partial charge in [-0.05, 0) is 31.9 Å². The van der Waals surface area contributed by atoms with Gasteiger partial charge in [0.2, 0.25) is 0 Å². The molecule has 0 amide bonds.